The molecule has 1 aliphatic rings. The molecule has 1 aromatic carbocycles. The maximum absolute atomic E-state index is 12.9. The first-order chi connectivity index (χ1) is 12.4. The highest BCUT2D eigenvalue weighted by Crippen LogP contribution is 2.31. The molecule has 0 bridgehead atoms. The first kappa shape index (κ1) is 22.5. The molecule has 154 valence electrons. The van der Waals surface area contributed by atoms with E-state index >= 15 is 0 Å². The summed E-state index contributed by atoms with van der Waals surface area (Å²) in [5, 5.41) is 3.99. The molecule has 0 unspecified atom stereocenters. The molecule has 7 heteroatoms. The molecular formula is C20H33ClN2O3S. The number of hydrogen-bond acceptors (Lipinski definition) is 4. The molecule has 0 aliphatic carbocycles. The Balaban J connectivity index is 2.14. The van der Waals surface area contributed by atoms with E-state index in [-0.39, 0.29) is 22.0 Å². The van der Waals surface area contributed by atoms with Gasteiger partial charge >= 0.3 is 0 Å². The van der Waals surface area contributed by atoms with Crippen molar-refractivity contribution in [2.45, 2.75) is 88.7 Å². The van der Waals surface area contributed by atoms with Gasteiger partial charge in [-0.3, -0.25) is 0 Å². The number of rotatable bonds is 8. The summed E-state index contributed by atoms with van der Waals surface area (Å²) in [5.41, 5.74) is -0.273. The zero-order chi connectivity index (χ0) is 20.3. The van der Waals surface area contributed by atoms with Gasteiger partial charge in [-0.1, -0.05) is 31.4 Å². The van der Waals surface area contributed by atoms with Crippen molar-refractivity contribution in [3.05, 3.63) is 23.2 Å². The lowest BCUT2D eigenvalue weighted by molar-refractivity contribution is 0.157. The van der Waals surface area contributed by atoms with Gasteiger partial charge in [-0.2, -0.15) is 0 Å². The molecule has 1 fully saturated rings. The summed E-state index contributed by atoms with van der Waals surface area (Å²) < 4.78 is 34.4. The third-order valence-corrected chi connectivity index (χ3v) is 6.56. The van der Waals surface area contributed by atoms with Crippen LogP contribution in [0.2, 0.25) is 5.02 Å². The minimum absolute atomic E-state index is 0.133. The van der Waals surface area contributed by atoms with Gasteiger partial charge in [0.15, 0.2) is 0 Å². The van der Waals surface area contributed by atoms with Crippen LogP contribution in [0.3, 0.4) is 0 Å². The average molecular weight is 417 g/mol. The maximum Gasteiger partial charge on any atom is 0.240 e. The Morgan fingerprint density at radius 3 is 2.41 bits per heavy atom. The molecule has 0 saturated carbocycles. The van der Waals surface area contributed by atoms with Crippen LogP contribution in [0.5, 0.6) is 5.75 Å². The van der Waals surface area contributed by atoms with E-state index in [9.17, 15) is 8.42 Å². The van der Waals surface area contributed by atoms with Crippen LogP contribution < -0.4 is 14.8 Å². The second-order valence-electron chi connectivity index (χ2n) is 8.77. The fraction of sp³-hybridized carbons (Fsp3) is 0.700. The van der Waals surface area contributed by atoms with Crippen LogP contribution in [0.15, 0.2) is 23.1 Å². The van der Waals surface area contributed by atoms with E-state index < -0.39 is 10.0 Å². The lowest BCUT2D eigenvalue weighted by Gasteiger charge is -2.46. The smallest absolute Gasteiger partial charge is 0.240 e. The van der Waals surface area contributed by atoms with Crippen LogP contribution in [-0.2, 0) is 10.0 Å². The summed E-state index contributed by atoms with van der Waals surface area (Å²) in [4.78, 5) is 0.187. The summed E-state index contributed by atoms with van der Waals surface area (Å²) in [5.74, 6) is 0.418. The second kappa shape index (κ2) is 8.68. The average Bonchev–Trinajstić information content (AvgIpc) is 2.49. The van der Waals surface area contributed by atoms with Crippen molar-refractivity contribution >= 4 is 21.6 Å². The molecule has 1 heterocycles. The summed E-state index contributed by atoms with van der Waals surface area (Å²) in [7, 11) is -3.65. The van der Waals surface area contributed by atoms with Crippen molar-refractivity contribution in [2.75, 3.05) is 6.61 Å². The van der Waals surface area contributed by atoms with Crippen molar-refractivity contribution in [3.8, 4) is 5.75 Å². The van der Waals surface area contributed by atoms with Crippen LogP contribution in [0.4, 0.5) is 0 Å². The van der Waals surface area contributed by atoms with E-state index in [2.05, 4.69) is 44.7 Å². The molecule has 27 heavy (non-hydrogen) atoms. The van der Waals surface area contributed by atoms with Crippen LogP contribution in [-0.4, -0.2) is 32.1 Å². The van der Waals surface area contributed by atoms with E-state index in [1.165, 1.54) is 12.1 Å². The fourth-order valence-corrected chi connectivity index (χ4v) is 5.41. The van der Waals surface area contributed by atoms with E-state index in [1.807, 2.05) is 0 Å². The molecule has 5 nitrogen and oxygen atoms in total. The summed E-state index contributed by atoms with van der Waals surface area (Å²) in [6.07, 6.45) is 4.53. The molecule has 2 N–H and O–H groups in total. The first-order valence-electron chi connectivity index (χ1n) is 9.68. The number of ether oxygens (including phenoxy) is 1. The number of unbranched alkanes of at least 4 members (excludes halogenated alkanes) is 2. The number of sulfonamides is 1. The van der Waals surface area contributed by atoms with Crippen LogP contribution >= 0.6 is 11.6 Å². The van der Waals surface area contributed by atoms with Crippen LogP contribution in [0, 0.1) is 0 Å². The van der Waals surface area contributed by atoms with Gasteiger partial charge < -0.3 is 10.1 Å². The largest absolute Gasteiger partial charge is 0.492 e. The minimum atomic E-state index is -3.65. The monoisotopic (exact) mass is 416 g/mol. The summed E-state index contributed by atoms with van der Waals surface area (Å²) in [6, 6.07) is 4.50. The predicted molar refractivity (Wildman–Crippen MR) is 111 cm³/mol. The molecule has 0 atom stereocenters. The lowest BCUT2D eigenvalue weighted by atomic mass is 9.80. The molecule has 2 rings (SSSR count). The molecule has 1 saturated heterocycles. The van der Waals surface area contributed by atoms with Gasteiger partial charge in [-0.05, 0) is 59.1 Å². The van der Waals surface area contributed by atoms with Gasteiger partial charge in [-0.15, -0.1) is 0 Å². The zero-order valence-electron chi connectivity index (χ0n) is 17.1. The Bertz CT molecular complexity index is 732. The first-order valence-corrected chi connectivity index (χ1v) is 11.5. The molecule has 0 spiro atoms. The molecule has 0 aromatic heterocycles. The van der Waals surface area contributed by atoms with Crippen molar-refractivity contribution in [1.82, 2.24) is 10.0 Å². The number of piperidine rings is 1. The lowest BCUT2D eigenvalue weighted by Crippen LogP contribution is -2.62. The van der Waals surface area contributed by atoms with Gasteiger partial charge in [0.1, 0.15) is 5.75 Å². The summed E-state index contributed by atoms with van der Waals surface area (Å²) in [6.45, 7) is 11.0. The molecule has 1 aromatic rings. The zero-order valence-corrected chi connectivity index (χ0v) is 18.6. The Morgan fingerprint density at radius 1 is 1.19 bits per heavy atom. The number of benzene rings is 1. The summed E-state index contributed by atoms with van der Waals surface area (Å²) >= 11 is 6.18. The van der Waals surface area contributed by atoms with Gasteiger partial charge in [0.2, 0.25) is 10.0 Å². The van der Waals surface area contributed by atoms with Crippen LogP contribution in [0.25, 0.3) is 0 Å². The van der Waals surface area contributed by atoms with Gasteiger partial charge in [0.05, 0.1) is 16.5 Å². The standard InChI is InChI=1S/C20H33ClN2O3S/c1-6-7-8-11-26-18-12-16(9-10-17(18)21)27(24,25)22-15-13-19(2,3)23-20(4,5)14-15/h9-10,12,15,22-23H,6-8,11,13-14H2,1-5H3. The van der Waals surface area contributed by atoms with Crippen molar-refractivity contribution in [1.29, 1.82) is 0 Å². The molecular weight excluding hydrogens is 384 g/mol. The third-order valence-electron chi connectivity index (χ3n) is 4.73. The van der Waals surface area contributed by atoms with Gasteiger partial charge in [-0.25, -0.2) is 13.1 Å². The minimum Gasteiger partial charge on any atom is -0.492 e. The Hall–Kier alpha value is -0.820. The van der Waals surface area contributed by atoms with E-state index in [1.54, 1.807) is 6.07 Å². The Labute approximate surface area is 169 Å². The second-order valence-corrected chi connectivity index (χ2v) is 10.9. The highest BCUT2D eigenvalue weighted by molar-refractivity contribution is 7.89. The van der Waals surface area contributed by atoms with Crippen molar-refractivity contribution < 1.29 is 13.2 Å². The topological polar surface area (TPSA) is 67.4 Å². The highest BCUT2D eigenvalue weighted by atomic mass is 35.5. The Morgan fingerprint density at radius 2 is 1.81 bits per heavy atom. The molecule has 1 aliphatic heterocycles. The maximum atomic E-state index is 12.9. The van der Waals surface area contributed by atoms with Gasteiger partial charge in [0, 0.05) is 23.2 Å². The van der Waals surface area contributed by atoms with Crippen LogP contribution in [0.1, 0.15) is 66.7 Å². The third kappa shape index (κ3) is 6.63. The quantitative estimate of drug-likeness (QED) is 0.612. The van der Waals surface area contributed by atoms with Crippen molar-refractivity contribution in [2.24, 2.45) is 0 Å². The number of hydrogen-bond donors (Lipinski definition) is 2. The predicted octanol–water partition coefficient (Wildman–Crippen LogP) is 4.50. The number of nitrogens with one attached hydrogen (secondary N) is 2. The Kier molecular flexibility index (Phi) is 7.22. The SMILES string of the molecule is CCCCCOc1cc(S(=O)(=O)NC2CC(C)(C)NC(C)(C)C2)ccc1Cl. The van der Waals surface area contributed by atoms with E-state index in [0.29, 0.717) is 17.4 Å². The molecule has 0 amide bonds. The van der Waals surface area contributed by atoms with E-state index in [0.717, 1.165) is 32.1 Å². The normalized spacial score (nSPS) is 19.8. The number of halogens is 1. The molecule has 0 radical (unpaired) electrons. The van der Waals surface area contributed by atoms with Crippen molar-refractivity contribution in [3.63, 3.8) is 0 Å². The van der Waals surface area contributed by atoms with E-state index in [4.69, 9.17) is 16.3 Å². The van der Waals surface area contributed by atoms with Gasteiger partial charge in [0.25, 0.3) is 0 Å². The fourth-order valence-electron chi connectivity index (χ4n) is 3.99. The highest BCUT2D eigenvalue weighted by Gasteiger charge is 2.39.